The van der Waals surface area contributed by atoms with Crippen LogP contribution in [-0.2, 0) is 22.3 Å². The van der Waals surface area contributed by atoms with E-state index in [9.17, 15) is 18.0 Å². The number of alkyl halides is 3. The zero-order chi connectivity index (χ0) is 18.0. The number of pyridine rings is 1. The van der Waals surface area contributed by atoms with Crippen molar-refractivity contribution in [2.24, 2.45) is 11.7 Å². The Balaban J connectivity index is 0.000000841. The summed E-state index contributed by atoms with van der Waals surface area (Å²) in [6, 6.07) is 2.52. The number of amides is 1. The van der Waals surface area contributed by atoms with Crippen LogP contribution in [0.2, 0.25) is 0 Å². The Morgan fingerprint density at radius 1 is 1.43 bits per heavy atom. The summed E-state index contributed by atoms with van der Waals surface area (Å²) in [5, 5.41) is 0. The van der Waals surface area contributed by atoms with Crippen LogP contribution in [0, 0.1) is 5.92 Å². The molecule has 1 aromatic heterocycles. The Morgan fingerprint density at radius 2 is 2.00 bits per heavy atom. The predicted octanol–water partition coefficient (Wildman–Crippen LogP) is 2.25. The number of aldehydes is 1. The highest BCUT2D eigenvalue weighted by Crippen LogP contribution is 2.28. The molecular formula is C15H22F3N3O2. The minimum absolute atomic E-state index is 0.0556. The molecule has 0 aromatic carbocycles. The second-order valence-electron chi connectivity index (χ2n) is 5.27. The van der Waals surface area contributed by atoms with Gasteiger partial charge >= 0.3 is 6.18 Å². The third-order valence-electron chi connectivity index (χ3n) is 3.02. The van der Waals surface area contributed by atoms with E-state index in [4.69, 9.17) is 4.79 Å². The van der Waals surface area contributed by atoms with Crippen LogP contribution in [0.25, 0.3) is 0 Å². The van der Waals surface area contributed by atoms with Crippen LogP contribution in [0.5, 0.6) is 0 Å². The number of rotatable bonds is 6. The Kier molecular flexibility index (Phi) is 9.09. The van der Waals surface area contributed by atoms with Crippen molar-refractivity contribution in [2.45, 2.75) is 33.0 Å². The zero-order valence-corrected chi connectivity index (χ0v) is 13.4. The molecule has 0 aliphatic rings. The van der Waals surface area contributed by atoms with E-state index in [-0.39, 0.29) is 6.29 Å². The van der Waals surface area contributed by atoms with E-state index in [1.165, 1.54) is 6.07 Å². The van der Waals surface area contributed by atoms with Crippen LogP contribution in [-0.4, -0.2) is 35.7 Å². The van der Waals surface area contributed by atoms with Crippen LogP contribution in [0.3, 0.4) is 0 Å². The molecule has 0 radical (unpaired) electrons. The first kappa shape index (κ1) is 21.0. The van der Waals surface area contributed by atoms with Crippen LogP contribution in [0.4, 0.5) is 13.2 Å². The molecule has 1 heterocycles. The number of aromatic nitrogens is 1. The van der Waals surface area contributed by atoms with Gasteiger partial charge in [-0.15, -0.1) is 0 Å². The molecule has 1 rings (SSSR count). The van der Waals surface area contributed by atoms with E-state index < -0.39 is 17.6 Å². The number of carbonyl (C=O) groups is 2. The van der Waals surface area contributed by atoms with Crippen molar-refractivity contribution in [3.8, 4) is 0 Å². The molecule has 0 saturated carbocycles. The molecule has 23 heavy (non-hydrogen) atoms. The molecule has 0 saturated heterocycles. The van der Waals surface area contributed by atoms with Crippen molar-refractivity contribution < 1.29 is 22.8 Å². The standard InChI is InChI=1S/C13H19F3N2.C2H3NO2/c1-4-10(2)8-18(3)9-12-6-5-11(7-17-12)13(14,15)16;3-2(5)1-4/h5-7,10H,4,8-9H2,1-3H3;1H,(H2,3,5). The van der Waals surface area contributed by atoms with Crippen molar-refractivity contribution in [2.75, 3.05) is 13.6 Å². The highest BCUT2D eigenvalue weighted by Gasteiger charge is 2.30. The van der Waals surface area contributed by atoms with Crippen LogP contribution >= 0.6 is 0 Å². The normalized spacial score (nSPS) is 12.3. The Hall–Kier alpha value is -1.96. The summed E-state index contributed by atoms with van der Waals surface area (Å²) >= 11 is 0. The number of hydrogen-bond acceptors (Lipinski definition) is 4. The van der Waals surface area contributed by atoms with Gasteiger partial charge in [0.2, 0.25) is 6.29 Å². The minimum atomic E-state index is -4.31. The monoisotopic (exact) mass is 333 g/mol. The highest BCUT2D eigenvalue weighted by molar-refractivity contribution is 6.22. The molecule has 8 heteroatoms. The van der Waals surface area contributed by atoms with Gasteiger partial charge in [-0.05, 0) is 25.1 Å². The fraction of sp³-hybridized carbons (Fsp3) is 0.533. The summed E-state index contributed by atoms with van der Waals surface area (Å²) in [5.74, 6) is -0.352. The van der Waals surface area contributed by atoms with E-state index in [1.54, 1.807) is 0 Å². The molecule has 0 aliphatic heterocycles. The van der Waals surface area contributed by atoms with E-state index in [2.05, 4.69) is 29.5 Å². The van der Waals surface area contributed by atoms with Crippen molar-refractivity contribution in [1.82, 2.24) is 9.88 Å². The lowest BCUT2D eigenvalue weighted by Crippen LogP contribution is -2.24. The molecule has 5 nitrogen and oxygen atoms in total. The maximum Gasteiger partial charge on any atom is 0.417 e. The molecule has 0 spiro atoms. The lowest BCUT2D eigenvalue weighted by molar-refractivity contribution is -0.137. The van der Waals surface area contributed by atoms with E-state index in [1.807, 2.05) is 7.05 Å². The van der Waals surface area contributed by atoms with Gasteiger partial charge in [0.1, 0.15) is 0 Å². The first-order chi connectivity index (χ1) is 10.6. The molecule has 1 amide bonds. The average Bonchev–Trinajstić information content (AvgIpc) is 2.47. The van der Waals surface area contributed by atoms with Crippen molar-refractivity contribution in [3.63, 3.8) is 0 Å². The second kappa shape index (κ2) is 9.94. The van der Waals surface area contributed by atoms with Gasteiger partial charge in [-0.25, -0.2) is 0 Å². The number of halogens is 3. The van der Waals surface area contributed by atoms with Gasteiger partial charge in [0.15, 0.2) is 0 Å². The van der Waals surface area contributed by atoms with Crippen LogP contribution < -0.4 is 5.73 Å². The lowest BCUT2D eigenvalue weighted by atomic mass is 10.1. The SMILES string of the molecule is CCC(C)CN(C)Cc1ccc(C(F)(F)F)cn1.NC(=O)C=O. The van der Waals surface area contributed by atoms with Crippen LogP contribution in [0.15, 0.2) is 18.3 Å². The predicted molar refractivity (Wildman–Crippen MR) is 80.3 cm³/mol. The third kappa shape index (κ3) is 9.62. The number of carbonyl (C=O) groups excluding carboxylic acids is 2. The molecule has 0 aliphatic carbocycles. The maximum atomic E-state index is 12.3. The average molecular weight is 333 g/mol. The summed E-state index contributed by atoms with van der Waals surface area (Å²) in [4.78, 5) is 24.2. The Bertz CT molecular complexity index is 490. The molecule has 130 valence electrons. The maximum absolute atomic E-state index is 12.3. The van der Waals surface area contributed by atoms with Gasteiger partial charge in [0.05, 0.1) is 11.3 Å². The molecule has 1 aromatic rings. The van der Waals surface area contributed by atoms with Crippen LogP contribution in [0.1, 0.15) is 31.5 Å². The smallest absolute Gasteiger partial charge is 0.363 e. The molecule has 0 bridgehead atoms. The van der Waals surface area contributed by atoms with Crippen molar-refractivity contribution in [3.05, 3.63) is 29.6 Å². The van der Waals surface area contributed by atoms with E-state index in [0.717, 1.165) is 25.2 Å². The van der Waals surface area contributed by atoms with Gasteiger partial charge in [0.25, 0.3) is 5.91 Å². The molecule has 1 unspecified atom stereocenters. The summed E-state index contributed by atoms with van der Waals surface area (Å²) < 4.78 is 37.0. The first-order valence-electron chi connectivity index (χ1n) is 7.05. The number of hydrogen-bond donors (Lipinski definition) is 1. The fourth-order valence-corrected chi connectivity index (χ4v) is 1.69. The fourth-order valence-electron chi connectivity index (χ4n) is 1.69. The quantitative estimate of drug-likeness (QED) is 0.640. The van der Waals surface area contributed by atoms with Gasteiger partial charge in [0, 0.05) is 19.3 Å². The molecular weight excluding hydrogens is 311 g/mol. The molecule has 1 atom stereocenters. The van der Waals surface area contributed by atoms with Gasteiger partial charge in [-0.1, -0.05) is 20.3 Å². The number of nitrogens with two attached hydrogens (primary N) is 1. The van der Waals surface area contributed by atoms with Gasteiger partial charge in [-0.3, -0.25) is 14.6 Å². The first-order valence-corrected chi connectivity index (χ1v) is 7.05. The van der Waals surface area contributed by atoms with E-state index in [0.29, 0.717) is 18.2 Å². The van der Waals surface area contributed by atoms with E-state index >= 15 is 0 Å². The summed E-state index contributed by atoms with van der Waals surface area (Å²) in [6.07, 6.45) is -2.27. The second-order valence-corrected chi connectivity index (χ2v) is 5.27. The van der Waals surface area contributed by atoms with Gasteiger partial charge < -0.3 is 10.6 Å². The topological polar surface area (TPSA) is 76.3 Å². The molecule has 2 N–H and O–H groups in total. The van der Waals surface area contributed by atoms with Crippen molar-refractivity contribution in [1.29, 1.82) is 0 Å². The minimum Gasteiger partial charge on any atom is -0.363 e. The summed E-state index contributed by atoms with van der Waals surface area (Å²) in [5.41, 5.74) is 4.25. The third-order valence-corrected chi connectivity index (χ3v) is 3.02. The summed E-state index contributed by atoms with van der Waals surface area (Å²) in [6.45, 7) is 5.76. The largest absolute Gasteiger partial charge is 0.417 e. The summed E-state index contributed by atoms with van der Waals surface area (Å²) in [7, 11) is 1.95. The number of primary amides is 1. The zero-order valence-electron chi connectivity index (χ0n) is 13.4. The van der Waals surface area contributed by atoms with Gasteiger partial charge in [-0.2, -0.15) is 13.2 Å². The Labute approximate surface area is 133 Å². The van der Waals surface area contributed by atoms with Crippen molar-refractivity contribution >= 4 is 12.2 Å². The lowest BCUT2D eigenvalue weighted by Gasteiger charge is -2.20. The molecule has 0 fully saturated rings. The number of nitrogens with zero attached hydrogens (tertiary/aromatic N) is 2. The highest BCUT2D eigenvalue weighted by atomic mass is 19.4. The Morgan fingerprint density at radius 3 is 2.35 bits per heavy atom.